The lowest BCUT2D eigenvalue weighted by Gasteiger charge is -2.02. The Kier molecular flexibility index (Phi) is 6.25. The van der Waals surface area contributed by atoms with Crippen molar-refractivity contribution in [1.29, 1.82) is 0 Å². The van der Waals surface area contributed by atoms with E-state index in [-0.39, 0.29) is 6.42 Å². The Morgan fingerprint density at radius 3 is 2.15 bits per heavy atom. The summed E-state index contributed by atoms with van der Waals surface area (Å²) < 4.78 is 5.96. The Morgan fingerprint density at radius 1 is 1.00 bits per heavy atom. The molecular formula is C19H15Cl2NO3S. The van der Waals surface area contributed by atoms with Gasteiger partial charge in [0.1, 0.15) is 5.69 Å². The second-order valence-electron chi connectivity index (χ2n) is 5.52. The van der Waals surface area contributed by atoms with E-state index in [4.69, 9.17) is 32.7 Å². The van der Waals surface area contributed by atoms with E-state index in [9.17, 15) is 4.79 Å². The number of carboxylic acids is 1. The summed E-state index contributed by atoms with van der Waals surface area (Å²) in [5.74, 6) is 0.457. The first-order valence-corrected chi connectivity index (χ1v) is 9.64. The number of carboxylic acid groups (broad SMARTS) is 1. The number of halogens is 2. The SMILES string of the molecule is O=C(O)CCCSc1nc(-c2ccc(Cl)cc2)c(-c2ccc(Cl)cc2)o1. The molecule has 0 atom stereocenters. The Morgan fingerprint density at radius 2 is 1.58 bits per heavy atom. The minimum Gasteiger partial charge on any atom is -0.481 e. The lowest BCUT2D eigenvalue weighted by atomic mass is 10.1. The highest BCUT2D eigenvalue weighted by Crippen LogP contribution is 2.36. The standard InChI is InChI=1S/C19H15Cl2NO3S/c20-14-7-3-12(4-8-14)17-18(13-5-9-15(21)10-6-13)25-19(22-17)26-11-1-2-16(23)24/h3-10H,1-2,11H2,(H,23,24). The molecule has 0 spiro atoms. The maximum Gasteiger partial charge on any atom is 0.303 e. The lowest BCUT2D eigenvalue weighted by molar-refractivity contribution is -0.137. The molecule has 0 radical (unpaired) electrons. The van der Waals surface area contributed by atoms with Gasteiger partial charge in [0.05, 0.1) is 0 Å². The van der Waals surface area contributed by atoms with Gasteiger partial charge in [-0.15, -0.1) is 0 Å². The quantitative estimate of drug-likeness (QED) is 0.369. The molecule has 0 saturated heterocycles. The van der Waals surface area contributed by atoms with Gasteiger partial charge >= 0.3 is 5.97 Å². The van der Waals surface area contributed by atoms with Crippen LogP contribution in [0.5, 0.6) is 0 Å². The van der Waals surface area contributed by atoms with Crippen LogP contribution in [0, 0.1) is 0 Å². The van der Waals surface area contributed by atoms with E-state index in [0.717, 1.165) is 11.1 Å². The van der Waals surface area contributed by atoms with Crippen LogP contribution < -0.4 is 0 Å². The van der Waals surface area contributed by atoms with Crippen molar-refractivity contribution in [1.82, 2.24) is 4.98 Å². The van der Waals surface area contributed by atoms with Gasteiger partial charge in [-0.1, -0.05) is 47.1 Å². The van der Waals surface area contributed by atoms with Crippen LogP contribution >= 0.6 is 35.0 Å². The molecule has 3 rings (SSSR count). The normalized spacial score (nSPS) is 10.8. The third-order valence-electron chi connectivity index (χ3n) is 3.59. The minimum atomic E-state index is -0.804. The average molecular weight is 408 g/mol. The Hall–Kier alpha value is -1.95. The predicted octanol–water partition coefficient (Wildman–Crippen LogP) is 6.27. The molecule has 134 valence electrons. The third kappa shape index (κ3) is 4.81. The Balaban J connectivity index is 1.90. The smallest absolute Gasteiger partial charge is 0.303 e. The average Bonchev–Trinajstić information content (AvgIpc) is 3.04. The van der Waals surface area contributed by atoms with Crippen molar-refractivity contribution in [3.63, 3.8) is 0 Å². The van der Waals surface area contributed by atoms with E-state index in [1.54, 1.807) is 24.3 Å². The van der Waals surface area contributed by atoms with Crippen molar-refractivity contribution < 1.29 is 14.3 Å². The number of nitrogens with zero attached hydrogens (tertiary/aromatic N) is 1. The first kappa shape index (κ1) is 18.8. The third-order valence-corrected chi connectivity index (χ3v) is 5.01. The van der Waals surface area contributed by atoms with Crippen LogP contribution in [0.25, 0.3) is 22.6 Å². The van der Waals surface area contributed by atoms with Gasteiger partial charge in [-0.25, -0.2) is 4.98 Å². The van der Waals surface area contributed by atoms with E-state index in [1.165, 1.54) is 11.8 Å². The van der Waals surface area contributed by atoms with E-state index < -0.39 is 5.97 Å². The molecule has 0 saturated carbocycles. The number of aromatic nitrogens is 1. The van der Waals surface area contributed by atoms with Crippen molar-refractivity contribution in [2.45, 2.75) is 18.1 Å². The van der Waals surface area contributed by atoms with E-state index in [2.05, 4.69) is 4.98 Å². The Labute approximate surface area is 165 Å². The number of carbonyl (C=O) groups is 1. The molecule has 0 aliphatic heterocycles. The number of hydrogen-bond acceptors (Lipinski definition) is 4. The van der Waals surface area contributed by atoms with Gasteiger partial charge < -0.3 is 9.52 Å². The molecule has 3 aromatic rings. The van der Waals surface area contributed by atoms with Crippen LogP contribution in [-0.4, -0.2) is 21.8 Å². The number of rotatable bonds is 7. The summed E-state index contributed by atoms with van der Waals surface area (Å²) in [6, 6.07) is 14.7. The number of hydrogen-bond donors (Lipinski definition) is 1. The van der Waals surface area contributed by atoms with Crippen LogP contribution in [0.15, 0.2) is 58.2 Å². The molecule has 0 unspecified atom stereocenters. The number of aliphatic carboxylic acids is 1. The van der Waals surface area contributed by atoms with Crippen LogP contribution in [0.2, 0.25) is 10.0 Å². The van der Waals surface area contributed by atoms with Crippen molar-refractivity contribution in [3.8, 4) is 22.6 Å². The molecule has 1 aromatic heterocycles. The molecule has 1 N–H and O–H groups in total. The molecule has 7 heteroatoms. The van der Waals surface area contributed by atoms with E-state index in [0.29, 0.717) is 38.9 Å². The molecule has 0 aliphatic rings. The number of benzene rings is 2. The summed E-state index contributed by atoms with van der Waals surface area (Å²) >= 11 is 13.4. The largest absolute Gasteiger partial charge is 0.481 e. The zero-order valence-corrected chi connectivity index (χ0v) is 15.9. The molecule has 0 aliphatic carbocycles. The van der Waals surface area contributed by atoms with Gasteiger partial charge in [0, 0.05) is 33.3 Å². The fourth-order valence-electron chi connectivity index (χ4n) is 2.35. The monoisotopic (exact) mass is 407 g/mol. The molecule has 0 bridgehead atoms. The predicted molar refractivity (Wildman–Crippen MR) is 105 cm³/mol. The van der Waals surface area contributed by atoms with Gasteiger partial charge in [0.25, 0.3) is 5.22 Å². The molecule has 0 amide bonds. The summed E-state index contributed by atoms with van der Waals surface area (Å²) in [7, 11) is 0. The Bertz CT molecular complexity index is 829. The van der Waals surface area contributed by atoms with Crippen molar-refractivity contribution in [2.24, 2.45) is 0 Å². The van der Waals surface area contributed by atoms with Crippen molar-refractivity contribution in [3.05, 3.63) is 58.6 Å². The maximum absolute atomic E-state index is 10.6. The summed E-state index contributed by atoms with van der Waals surface area (Å²) in [5.41, 5.74) is 2.47. The fourth-order valence-corrected chi connectivity index (χ4v) is 3.36. The summed E-state index contributed by atoms with van der Waals surface area (Å²) in [4.78, 5) is 15.2. The van der Waals surface area contributed by atoms with Crippen molar-refractivity contribution >= 4 is 40.9 Å². The summed E-state index contributed by atoms with van der Waals surface area (Å²) in [5, 5.41) is 10.5. The zero-order chi connectivity index (χ0) is 18.5. The minimum absolute atomic E-state index is 0.127. The fraction of sp³-hybridized carbons (Fsp3) is 0.158. The van der Waals surface area contributed by atoms with Gasteiger partial charge in [-0.05, 0) is 42.8 Å². The lowest BCUT2D eigenvalue weighted by Crippen LogP contribution is -1.94. The van der Waals surface area contributed by atoms with Crippen LogP contribution in [-0.2, 0) is 4.79 Å². The number of oxazole rings is 1. The first-order valence-electron chi connectivity index (χ1n) is 7.90. The van der Waals surface area contributed by atoms with Gasteiger partial charge in [-0.2, -0.15) is 0 Å². The topological polar surface area (TPSA) is 63.3 Å². The molecule has 4 nitrogen and oxygen atoms in total. The molecule has 1 heterocycles. The second-order valence-corrected chi connectivity index (χ2v) is 7.44. The highest BCUT2D eigenvalue weighted by Gasteiger charge is 2.17. The van der Waals surface area contributed by atoms with Crippen LogP contribution in [0.1, 0.15) is 12.8 Å². The molecule has 0 fully saturated rings. The second kappa shape index (κ2) is 8.62. The van der Waals surface area contributed by atoms with E-state index in [1.807, 2.05) is 24.3 Å². The van der Waals surface area contributed by atoms with Crippen molar-refractivity contribution in [2.75, 3.05) is 5.75 Å². The highest BCUT2D eigenvalue weighted by atomic mass is 35.5. The summed E-state index contributed by atoms with van der Waals surface area (Å²) in [6.07, 6.45) is 0.677. The first-order chi connectivity index (χ1) is 12.5. The zero-order valence-electron chi connectivity index (χ0n) is 13.6. The molecule has 2 aromatic carbocycles. The van der Waals surface area contributed by atoms with Crippen LogP contribution in [0.4, 0.5) is 0 Å². The molecule has 26 heavy (non-hydrogen) atoms. The van der Waals surface area contributed by atoms with E-state index >= 15 is 0 Å². The van der Waals surface area contributed by atoms with Gasteiger partial charge in [0.2, 0.25) is 0 Å². The number of thioether (sulfide) groups is 1. The molecular weight excluding hydrogens is 393 g/mol. The highest BCUT2D eigenvalue weighted by molar-refractivity contribution is 7.99. The maximum atomic E-state index is 10.6. The van der Waals surface area contributed by atoms with Crippen LogP contribution in [0.3, 0.4) is 0 Å². The van der Waals surface area contributed by atoms with Gasteiger partial charge in [-0.3, -0.25) is 4.79 Å². The van der Waals surface area contributed by atoms with Gasteiger partial charge in [0.15, 0.2) is 5.76 Å². The summed E-state index contributed by atoms with van der Waals surface area (Å²) in [6.45, 7) is 0.